The van der Waals surface area contributed by atoms with E-state index in [0.717, 1.165) is 25.3 Å². The van der Waals surface area contributed by atoms with Crippen molar-refractivity contribution in [3.05, 3.63) is 48.5 Å². The molecule has 0 spiro atoms. The molecule has 2 aromatic rings. The molecule has 1 aliphatic rings. The highest BCUT2D eigenvalue weighted by Gasteiger charge is 2.20. The number of anilines is 3. The van der Waals surface area contributed by atoms with Gasteiger partial charge in [-0.3, -0.25) is 4.72 Å². The average molecular weight is 346 g/mol. The number of hydrogen-bond acceptors (Lipinski definition) is 5. The van der Waals surface area contributed by atoms with Gasteiger partial charge in [-0.05, 0) is 37.3 Å². The lowest BCUT2D eigenvalue weighted by atomic mass is 10.2. The molecule has 24 heavy (non-hydrogen) atoms. The number of para-hydroxylation sites is 1. The van der Waals surface area contributed by atoms with Crippen LogP contribution in [0.3, 0.4) is 0 Å². The van der Waals surface area contributed by atoms with Crippen molar-refractivity contribution in [1.82, 2.24) is 5.32 Å². The van der Waals surface area contributed by atoms with Crippen LogP contribution in [-0.2, 0) is 10.0 Å². The van der Waals surface area contributed by atoms with Gasteiger partial charge in [0, 0.05) is 31.4 Å². The second-order valence-corrected chi connectivity index (χ2v) is 7.68. The first-order chi connectivity index (χ1) is 11.5. The summed E-state index contributed by atoms with van der Waals surface area (Å²) in [6.07, 6.45) is 0. The minimum atomic E-state index is -3.65. The highest BCUT2D eigenvalue weighted by Crippen LogP contribution is 2.28. The first-order valence-corrected chi connectivity index (χ1v) is 9.40. The molecule has 0 radical (unpaired) electrons. The third-order valence-electron chi connectivity index (χ3n) is 4.04. The van der Waals surface area contributed by atoms with Crippen molar-refractivity contribution in [2.75, 3.05) is 35.0 Å². The summed E-state index contributed by atoms with van der Waals surface area (Å²) < 4.78 is 27.6. The van der Waals surface area contributed by atoms with Crippen LogP contribution in [0.1, 0.15) is 6.92 Å². The standard InChI is InChI=1S/C17H22N4O2S/c1-13-12-21(10-9-19-13)17-8-7-15(11-16(17)18)24(22,23)20-14-5-3-2-4-6-14/h2-8,11,13,19-20H,9-10,12,18H2,1H3. The maximum absolute atomic E-state index is 12.5. The van der Waals surface area contributed by atoms with E-state index in [9.17, 15) is 8.42 Å². The SMILES string of the molecule is CC1CN(c2ccc(S(=O)(=O)Nc3ccccc3)cc2N)CCN1. The smallest absolute Gasteiger partial charge is 0.261 e. The number of sulfonamides is 1. The number of benzene rings is 2. The fraction of sp³-hybridized carbons (Fsp3) is 0.294. The topological polar surface area (TPSA) is 87.5 Å². The molecular formula is C17H22N4O2S. The molecule has 0 amide bonds. The minimum Gasteiger partial charge on any atom is -0.397 e. The van der Waals surface area contributed by atoms with Crippen LogP contribution < -0.4 is 20.7 Å². The van der Waals surface area contributed by atoms with Crippen LogP contribution in [0.15, 0.2) is 53.4 Å². The summed E-state index contributed by atoms with van der Waals surface area (Å²) in [6.45, 7) is 4.70. The van der Waals surface area contributed by atoms with E-state index < -0.39 is 10.0 Å². The normalized spacial score (nSPS) is 18.4. The largest absolute Gasteiger partial charge is 0.397 e. The lowest BCUT2D eigenvalue weighted by Crippen LogP contribution is -2.49. The quantitative estimate of drug-likeness (QED) is 0.736. The highest BCUT2D eigenvalue weighted by atomic mass is 32.2. The molecular weight excluding hydrogens is 324 g/mol. The first-order valence-electron chi connectivity index (χ1n) is 7.91. The maximum atomic E-state index is 12.5. The molecule has 2 aromatic carbocycles. The van der Waals surface area contributed by atoms with E-state index in [2.05, 4.69) is 21.9 Å². The Morgan fingerprint density at radius 1 is 1.21 bits per heavy atom. The second kappa shape index (κ2) is 6.70. The summed E-state index contributed by atoms with van der Waals surface area (Å²) >= 11 is 0. The Labute approximate surface area is 142 Å². The van der Waals surface area contributed by atoms with Crippen LogP contribution in [-0.4, -0.2) is 34.1 Å². The molecule has 6 nitrogen and oxygen atoms in total. The molecule has 128 valence electrons. The lowest BCUT2D eigenvalue weighted by Gasteiger charge is -2.34. The number of hydrogen-bond donors (Lipinski definition) is 3. The van der Waals surface area contributed by atoms with E-state index >= 15 is 0 Å². The third kappa shape index (κ3) is 3.63. The number of nitrogens with one attached hydrogen (secondary N) is 2. The van der Waals surface area contributed by atoms with Gasteiger partial charge in [0.25, 0.3) is 10.0 Å². The summed E-state index contributed by atoms with van der Waals surface area (Å²) in [4.78, 5) is 2.34. The molecule has 0 bridgehead atoms. The van der Waals surface area contributed by atoms with Crippen molar-refractivity contribution in [2.45, 2.75) is 17.9 Å². The fourth-order valence-corrected chi connectivity index (χ4v) is 3.95. The zero-order valence-corrected chi connectivity index (χ0v) is 14.4. The van der Waals surface area contributed by atoms with Gasteiger partial charge in [0.05, 0.1) is 16.3 Å². The average Bonchev–Trinajstić information content (AvgIpc) is 2.55. The summed E-state index contributed by atoms with van der Waals surface area (Å²) in [5, 5.41) is 3.38. The van der Waals surface area contributed by atoms with Gasteiger partial charge in [-0.2, -0.15) is 0 Å². The van der Waals surface area contributed by atoms with E-state index in [4.69, 9.17) is 5.73 Å². The Kier molecular flexibility index (Phi) is 4.64. The molecule has 0 saturated carbocycles. The summed E-state index contributed by atoms with van der Waals surface area (Å²) in [5.41, 5.74) is 8.01. The van der Waals surface area contributed by atoms with Crippen LogP contribution in [0.5, 0.6) is 0 Å². The van der Waals surface area contributed by atoms with Crippen molar-refractivity contribution in [3.8, 4) is 0 Å². The first kappa shape index (κ1) is 16.6. The molecule has 3 rings (SSSR count). The molecule has 1 unspecified atom stereocenters. The number of rotatable bonds is 4. The van der Waals surface area contributed by atoms with Crippen molar-refractivity contribution in [2.24, 2.45) is 0 Å². The molecule has 0 aliphatic carbocycles. The Morgan fingerprint density at radius 2 is 1.96 bits per heavy atom. The van der Waals surface area contributed by atoms with Crippen molar-refractivity contribution >= 4 is 27.1 Å². The Bertz CT molecular complexity index is 809. The summed E-state index contributed by atoms with van der Waals surface area (Å²) in [6, 6.07) is 14.1. The molecule has 1 heterocycles. The third-order valence-corrected chi connectivity index (χ3v) is 5.42. The molecule has 1 atom stereocenters. The van der Waals surface area contributed by atoms with Crippen molar-refractivity contribution in [3.63, 3.8) is 0 Å². The van der Waals surface area contributed by atoms with Gasteiger partial charge < -0.3 is 16.0 Å². The van der Waals surface area contributed by atoms with Gasteiger partial charge in [0.1, 0.15) is 0 Å². The van der Waals surface area contributed by atoms with Gasteiger partial charge in [0.15, 0.2) is 0 Å². The van der Waals surface area contributed by atoms with E-state index in [-0.39, 0.29) is 4.90 Å². The van der Waals surface area contributed by atoms with E-state index in [1.54, 1.807) is 36.4 Å². The molecule has 1 saturated heterocycles. The van der Waals surface area contributed by atoms with Crippen LogP contribution in [0.2, 0.25) is 0 Å². The summed E-state index contributed by atoms with van der Waals surface area (Å²) in [5.74, 6) is 0. The van der Waals surface area contributed by atoms with Gasteiger partial charge in [-0.25, -0.2) is 8.42 Å². The Balaban J connectivity index is 1.83. The Morgan fingerprint density at radius 3 is 2.62 bits per heavy atom. The molecule has 1 fully saturated rings. The predicted octanol–water partition coefficient (Wildman–Crippen LogP) is 1.87. The van der Waals surface area contributed by atoms with Gasteiger partial charge in [-0.15, -0.1) is 0 Å². The van der Waals surface area contributed by atoms with E-state index in [1.807, 2.05) is 6.07 Å². The zero-order chi connectivity index (χ0) is 17.2. The number of nitrogen functional groups attached to an aromatic ring is 1. The maximum Gasteiger partial charge on any atom is 0.261 e. The molecule has 4 N–H and O–H groups in total. The monoisotopic (exact) mass is 346 g/mol. The molecule has 1 aliphatic heterocycles. The molecule has 0 aromatic heterocycles. The number of nitrogens with zero attached hydrogens (tertiary/aromatic N) is 1. The highest BCUT2D eigenvalue weighted by molar-refractivity contribution is 7.92. The molecule has 7 heteroatoms. The van der Waals surface area contributed by atoms with Gasteiger partial charge in [-0.1, -0.05) is 18.2 Å². The fourth-order valence-electron chi connectivity index (χ4n) is 2.86. The van der Waals surface area contributed by atoms with Crippen LogP contribution in [0.25, 0.3) is 0 Å². The summed E-state index contributed by atoms with van der Waals surface area (Å²) in [7, 11) is -3.65. The van der Waals surface area contributed by atoms with Gasteiger partial charge in [0.2, 0.25) is 0 Å². The van der Waals surface area contributed by atoms with Gasteiger partial charge >= 0.3 is 0 Å². The second-order valence-electron chi connectivity index (χ2n) is 5.99. The van der Waals surface area contributed by atoms with E-state index in [1.165, 1.54) is 6.07 Å². The van der Waals surface area contributed by atoms with Crippen LogP contribution in [0, 0.1) is 0 Å². The number of piperazine rings is 1. The number of nitrogens with two attached hydrogens (primary N) is 1. The van der Waals surface area contributed by atoms with Crippen molar-refractivity contribution in [1.29, 1.82) is 0 Å². The minimum absolute atomic E-state index is 0.163. The lowest BCUT2D eigenvalue weighted by molar-refractivity contribution is 0.485. The van der Waals surface area contributed by atoms with E-state index in [0.29, 0.717) is 17.4 Å². The van der Waals surface area contributed by atoms with Crippen LogP contribution >= 0.6 is 0 Å². The zero-order valence-electron chi connectivity index (χ0n) is 13.6. The van der Waals surface area contributed by atoms with Crippen LogP contribution in [0.4, 0.5) is 17.1 Å². The Hall–Kier alpha value is -2.25. The predicted molar refractivity (Wildman–Crippen MR) is 97.8 cm³/mol. The van der Waals surface area contributed by atoms with Crippen molar-refractivity contribution < 1.29 is 8.42 Å².